The minimum Gasteiger partial charge on any atom is -0.465 e. The Morgan fingerprint density at radius 1 is 1.28 bits per heavy atom. The van der Waals surface area contributed by atoms with Crippen molar-refractivity contribution in [3.05, 3.63) is 35.0 Å². The van der Waals surface area contributed by atoms with Crippen molar-refractivity contribution < 1.29 is 9.53 Å². The maximum atomic E-state index is 11.7. The van der Waals surface area contributed by atoms with Gasteiger partial charge in [-0.25, -0.2) is 4.79 Å². The van der Waals surface area contributed by atoms with Gasteiger partial charge in [0.15, 0.2) is 5.82 Å². The molecule has 1 aliphatic carbocycles. The number of hydrogen-bond donors (Lipinski definition) is 2. The highest BCUT2D eigenvalue weighted by Crippen LogP contribution is 2.26. The first kappa shape index (κ1) is 17.4. The van der Waals surface area contributed by atoms with Crippen molar-refractivity contribution in [2.24, 2.45) is 0 Å². The predicted molar refractivity (Wildman–Crippen MR) is 96.4 cm³/mol. The Morgan fingerprint density at radius 3 is 2.84 bits per heavy atom. The number of aromatic nitrogens is 3. The van der Waals surface area contributed by atoms with Crippen LogP contribution in [0.3, 0.4) is 0 Å². The van der Waals surface area contributed by atoms with E-state index in [4.69, 9.17) is 16.3 Å². The summed E-state index contributed by atoms with van der Waals surface area (Å²) in [5, 5.41) is 14.8. The number of halogens is 1. The Labute approximate surface area is 151 Å². The number of methoxy groups -OCH3 is 1. The average molecular weight is 362 g/mol. The molecule has 0 aliphatic heterocycles. The van der Waals surface area contributed by atoms with E-state index in [1.165, 1.54) is 26.4 Å². The van der Waals surface area contributed by atoms with Crippen LogP contribution >= 0.6 is 11.6 Å². The number of rotatable bonds is 5. The molecule has 132 valence electrons. The van der Waals surface area contributed by atoms with Crippen LogP contribution in [0.5, 0.6) is 0 Å². The third kappa shape index (κ3) is 4.57. The van der Waals surface area contributed by atoms with E-state index in [-0.39, 0.29) is 0 Å². The van der Waals surface area contributed by atoms with E-state index >= 15 is 0 Å². The second-order valence-corrected chi connectivity index (χ2v) is 6.36. The van der Waals surface area contributed by atoms with Gasteiger partial charge < -0.3 is 15.4 Å². The van der Waals surface area contributed by atoms with Gasteiger partial charge in [-0.05, 0) is 31.0 Å². The minimum atomic E-state index is -0.438. The molecule has 1 aromatic carbocycles. The lowest BCUT2D eigenvalue weighted by atomic mass is 9.96. The van der Waals surface area contributed by atoms with E-state index < -0.39 is 5.97 Å². The van der Waals surface area contributed by atoms with E-state index in [2.05, 4.69) is 25.8 Å². The molecule has 1 saturated carbocycles. The Hall–Kier alpha value is -2.41. The average Bonchev–Trinajstić information content (AvgIpc) is 2.64. The molecule has 25 heavy (non-hydrogen) atoms. The molecule has 0 bridgehead atoms. The molecule has 0 atom stereocenters. The number of esters is 1. The van der Waals surface area contributed by atoms with Gasteiger partial charge in [-0.2, -0.15) is 10.1 Å². The van der Waals surface area contributed by atoms with Crippen LogP contribution in [0.4, 0.5) is 17.5 Å². The van der Waals surface area contributed by atoms with Crippen molar-refractivity contribution in [3.63, 3.8) is 0 Å². The molecule has 0 radical (unpaired) electrons. The molecule has 0 amide bonds. The highest BCUT2D eigenvalue weighted by atomic mass is 35.5. The van der Waals surface area contributed by atoms with E-state index in [0.29, 0.717) is 34.1 Å². The number of hydrogen-bond acceptors (Lipinski definition) is 7. The smallest absolute Gasteiger partial charge is 0.337 e. The number of nitrogens with zero attached hydrogens (tertiary/aromatic N) is 3. The molecule has 0 unspecified atom stereocenters. The molecule has 1 fully saturated rings. The van der Waals surface area contributed by atoms with Crippen LogP contribution in [-0.2, 0) is 4.74 Å². The number of benzene rings is 1. The summed E-state index contributed by atoms with van der Waals surface area (Å²) < 4.78 is 4.72. The third-order valence-electron chi connectivity index (χ3n) is 4.15. The second-order valence-electron chi connectivity index (χ2n) is 5.96. The normalized spacial score (nSPS) is 14.8. The quantitative estimate of drug-likeness (QED) is 0.783. The molecule has 2 aromatic rings. The molecule has 7 nitrogen and oxygen atoms in total. The summed E-state index contributed by atoms with van der Waals surface area (Å²) in [6.45, 7) is 0. The van der Waals surface area contributed by atoms with Crippen molar-refractivity contribution in [2.45, 2.75) is 38.1 Å². The Kier molecular flexibility index (Phi) is 5.65. The van der Waals surface area contributed by atoms with Crippen LogP contribution in [-0.4, -0.2) is 34.3 Å². The van der Waals surface area contributed by atoms with Crippen LogP contribution < -0.4 is 10.6 Å². The molecule has 1 aromatic heterocycles. The lowest BCUT2D eigenvalue weighted by molar-refractivity contribution is 0.0601. The van der Waals surface area contributed by atoms with Crippen molar-refractivity contribution in [1.82, 2.24) is 15.2 Å². The van der Waals surface area contributed by atoms with Crippen LogP contribution in [0.25, 0.3) is 0 Å². The number of carbonyl (C=O) groups is 1. The molecule has 0 saturated heterocycles. The fourth-order valence-corrected chi connectivity index (χ4v) is 3.03. The highest BCUT2D eigenvalue weighted by Gasteiger charge is 2.15. The van der Waals surface area contributed by atoms with E-state index in [9.17, 15) is 4.79 Å². The van der Waals surface area contributed by atoms with Gasteiger partial charge in [0, 0.05) is 6.04 Å². The minimum absolute atomic E-state index is 0.310. The number of anilines is 3. The second kappa shape index (κ2) is 8.11. The van der Waals surface area contributed by atoms with Crippen molar-refractivity contribution in [1.29, 1.82) is 0 Å². The summed E-state index contributed by atoms with van der Waals surface area (Å²) in [6.07, 6.45) is 7.64. The van der Waals surface area contributed by atoms with Gasteiger partial charge in [0.2, 0.25) is 5.95 Å². The SMILES string of the molecule is COC(=O)c1ccc(Cl)c(Nc2nncc(NC3CCCCC3)n2)c1. The van der Waals surface area contributed by atoms with Gasteiger partial charge in [0.25, 0.3) is 0 Å². The lowest BCUT2D eigenvalue weighted by Crippen LogP contribution is -2.23. The number of carbonyl (C=O) groups excluding carboxylic acids is 1. The summed E-state index contributed by atoms with van der Waals surface area (Å²) in [7, 11) is 1.33. The lowest BCUT2D eigenvalue weighted by Gasteiger charge is -2.23. The van der Waals surface area contributed by atoms with Gasteiger partial charge in [-0.15, -0.1) is 5.10 Å². The fraction of sp³-hybridized carbons (Fsp3) is 0.412. The number of ether oxygens (including phenoxy) is 1. The molecular formula is C17H20ClN5O2. The predicted octanol–water partition coefficient (Wildman–Crippen LogP) is 3.80. The number of nitrogens with one attached hydrogen (secondary N) is 2. The Bertz CT molecular complexity index is 750. The monoisotopic (exact) mass is 361 g/mol. The van der Waals surface area contributed by atoms with Crippen LogP contribution in [0.15, 0.2) is 24.4 Å². The molecule has 2 N–H and O–H groups in total. The standard InChI is InChI=1S/C17H20ClN5O2/c1-25-16(24)11-7-8-13(18)14(9-11)21-17-22-15(10-19-23-17)20-12-5-3-2-4-6-12/h7-10,12H,2-6H2,1H3,(H2,20,21,22,23). The molecule has 1 aliphatic rings. The van der Waals surface area contributed by atoms with E-state index in [1.807, 2.05) is 0 Å². The van der Waals surface area contributed by atoms with Crippen LogP contribution in [0.1, 0.15) is 42.5 Å². The molecule has 3 rings (SSSR count). The topological polar surface area (TPSA) is 89.0 Å². The van der Waals surface area contributed by atoms with Crippen LogP contribution in [0, 0.1) is 0 Å². The fourth-order valence-electron chi connectivity index (χ4n) is 2.87. The summed E-state index contributed by atoms with van der Waals surface area (Å²) in [4.78, 5) is 16.1. The van der Waals surface area contributed by atoms with E-state index in [0.717, 1.165) is 12.8 Å². The zero-order valence-electron chi connectivity index (χ0n) is 14.0. The summed E-state index contributed by atoms with van der Waals surface area (Å²) in [5.74, 6) is 0.542. The van der Waals surface area contributed by atoms with Crippen molar-refractivity contribution >= 4 is 35.0 Å². The van der Waals surface area contributed by atoms with Crippen molar-refractivity contribution in [2.75, 3.05) is 17.7 Å². The molecule has 1 heterocycles. The van der Waals surface area contributed by atoms with E-state index in [1.54, 1.807) is 24.4 Å². The Morgan fingerprint density at radius 2 is 2.08 bits per heavy atom. The van der Waals surface area contributed by atoms with Gasteiger partial charge >= 0.3 is 5.97 Å². The maximum Gasteiger partial charge on any atom is 0.337 e. The zero-order valence-corrected chi connectivity index (χ0v) is 14.7. The Balaban J connectivity index is 1.74. The molecular weight excluding hydrogens is 342 g/mol. The third-order valence-corrected chi connectivity index (χ3v) is 4.48. The van der Waals surface area contributed by atoms with Crippen molar-refractivity contribution in [3.8, 4) is 0 Å². The molecule has 0 spiro atoms. The summed E-state index contributed by atoms with van der Waals surface area (Å²) in [6, 6.07) is 5.23. The highest BCUT2D eigenvalue weighted by molar-refractivity contribution is 6.33. The first-order chi connectivity index (χ1) is 12.2. The first-order valence-corrected chi connectivity index (χ1v) is 8.64. The van der Waals surface area contributed by atoms with Gasteiger partial charge in [0.05, 0.1) is 29.6 Å². The first-order valence-electron chi connectivity index (χ1n) is 8.27. The van der Waals surface area contributed by atoms with Gasteiger partial charge in [-0.3, -0.25) is 0 Å². The van der Waals surface area contributed by atoms with Gasteiger partial charge in [0.1, 0.15) is 0 Å². The summed E-state index contributed by atoms with van der Waals surface area (Å²) in [5.41, 5.74) is 0.903. The maximum absolute atomic E-state index is 11.7. The largest absolute Gasteiger partial charge is 0.465 e. The van der Waals surface area contributed by atoms with Gasteiger partial charge in [-0.1, -0.05) is 30.9 Å². The summed E-state index contributed by atoms with van der Waals surface area (Å²) >= 11 is 6.18. The zero-order chi connectivity index (χ0) is 17.6. The molecule has 8 heteroatoms. The van der Waals surface area contributed by atoms with Crippen LogP contribution in [0.2, 0.25) is 5.02 Å².